The number of aromatic nitrogens is 1. The summed E-state index contributed by atoms with van der Waals surface area (Å²) in [6.45, 7) is 8.88. The quantitative estimate of drug-likeness (QED) is 0.848. The molecule has 0 radical (unpaired) electrons. The molecule has 0 unspecified atom stereocenters. The van der Waals surface area contributed by atoms with Gasteiger partial charge in [0.2, 0.25) is 0 Å². The lowest BCUT2D eigenvalue weighted by atomic mass is 10.1. The Balaban J connectivity index is 1.99. The Morgan fingerprint density at radius 3 is 2.57 bits per heavy atom. The second-order valence-electron chi connectivity index (χ2n) is 6.28. The zero-order valence-electron chi connectivity index (χ0n) is 13.0. The Bertz CT molecular complexity index is 517. The minimum atomic E-state index is -0.708. The van der Waals surface area contributed by atoms with Gasteiger partial charge in [-0.15, -0.1) is 0 Å². The molecule has 6 heteroatoms. The van der Waals surface area contributed by atoms with E-state index in [0.29, 0.717) is 36.6 Å². The van der Waals surface area contributed by atoms with Gasteiger partial charge in [-0.25, -0.2) is 0 Å². The molecule has 1 saturated heterocycles. The molecule has 1 aromatic rings. The van der Waals surface area contributed by atoms with E-state index in [4.69, 9.17) is 5.73 Å². The fourth-order valence-electron chi connectivity index (χ4n) is 2.59. The number of carbonyl (C=O) groups excluding carboxylic acids is 1. The number of aryl methyl sites for hydroxylation is 1. The van der Waals surface area contributed by atoms with Crippen molar-refractivity contribution < 1.29 is 9.90 Å². The van der Waals surface area contributed by atoms with E-state index in [1.54, 1.807) is 26.1 Å². The van der Waals surface area contributed by atoms with Crippen molar-refractivity contribution in [2.24, 2.45) is 0 Å². The minimum absolute atomic E-state index is 0.0183. The molecule has 2 heterocycles. The summed E-state index contributed by atoms with van der Waals surface area (Å²) in [5.74, 6) is -0.0183. The van der Waals surface area contributed by atoms with Gasteiger partial charge in [-0.3, -0.25) is 14.7 Å². The maximum Gasteiger partial charge on any atom is 0.255 e. The number of nitrogen functional groups attached to an aromatic ring is 1. The van der Waals surface area contributed by atoms with Gasteiger partial charge in [0.05, 0.1) is 28.7 Å². The van der Waals surface area contributed by atoms with Gasteiger partial charge in [-0.1, -0.05) is 0 Å². The normalized spacial score (nSPS) is 17.0. The Morgan fingerprint density at radius 1 is 1.38 bits per heavy atom. The van der Waals surface area contributed by atoms with Crippen LogP contribution in [0.15, 0.2) is 12.3 Å². The fraction of sp³-hybridized carbons (Fsp3) is 0.600. The van der Waals surface area contributed by atoms with E-state index >= 15 is 0 Å². The van der Waals surface area contributed by atoms with Crippen LogP contribution >= 0.6 is 0 Å². The summed E-state index contributed by atoms with van der Waals surface area (Å²) in [7, 11) is 0. The first-order valence-electron chi connectivity index (χ1n) is 7.22. The molecule has 0 spiro atoms. The number of hydrogen-bond acceptors (Lipinski definition) is 5. The summed E-state index contributed by atoms with van der Waals surface area (Å²) in [5, 5.41) is 9.85. The van der Waals surface area contributed by atoms with Crippen LogP contribution in [0.25, 0.3) is 0 Å². The van der Waals surface area contributed by atoms with Crippen molar-refractivity contribution in [3.63, 3.8) is 0 Å². The predicted molar refractivity (Wildman–Crippen MR) is 82.0 cm³/mol. The van der Waals surface area contributed by atoms with Crippen molar-refractivity contribution in [1.82, 2.24) is 14.8 Å². The fourth-order valence-corrected chi connectivity index (χ4v) is 2.59. The number of amides is 1. The lowest BCUT2D eigenvalue weighted by Gasteiger charge is -2.37. The number of hydrogen-bond donors (Lipinski definition) is 2. The molecular weight excluding hydrogens is 268 g/mol. The first-order chi connectivity index (χ1) is 9.76. The van der Waals surface area contributed by atoms with E-state index in [1.807, 2.05) is 11.8 Å². The van der Waals surface area contributed by atoms with Crippen LogP contribution in [0.2, 0.25) is 0 Å². The van der Waals surface area contributed by atoms with Gasteiger partial charge in [0, 0.05) is 32.7 Å². The molecule has 0 saturated carbocycles. The minimum Gasteiger partial charge on any atom is -0.397 e. The Labute approximate surface area is 125 Å². The third-order valence-electron chi connectivity index (χ3n) is 3.61. The first-order valence-corrected chi connectivity index (χ1v) is 7.22. The van der Waals surface area contributed by atoms with Crippen molar-refractivity contribution in [1.29, 1.82) is 0 Å². The molecule has 1 aliphatic heterocycles. The molecule has 1 amide bonds. The molecule has 1 aromatic heterocycles. The number of rotatable bonds is 3. The van der Waals surface area contributed by atoms with E-state index in [-0.39, 0.29) is 5.91 Å². The number of carbonyl (C=O) groups is 1. The third kappa shape index (κ3) is 4.15. The molecule has 1 aliphatic rings. The summed E-state index contributed by atoms with van der Waals surface area (Å²) < 4.78 is 0. The van der Waals surface area contributed by atoms with Gasteiger partial charge in [0.25, 0.3) is 5.91 Å². The van der Waals surface area contributed by atoms with E-state index < -0.39 is 5.60 Å². The van der Waals surface area contributed by atoms with Gasteiger partial charge >= 0.3 is 0 Å². The number of aliphatic hydroxyl groups is 1. The van der Waals surface area contributed by atoms with Gasteiger partial charge in [-0.2, -0.15) is 0 Å². The van der Waals surface area contributed by atoms with Gasteiger partial charge in [-0.05, 0) is 26.8 Å². The number of pyridine rings is 1. The van der Waals surface area contributed by atoms with Crippen molar-refractivity contribution in [2.45, 2.75) is 26.4 Å². The SMILES string of the molecule is Cc1ncc(N)cc1C(=O)N1CCN(CC(C)(C)O)CC1. The zero-order chi connectivity index (χ0) is 15.6. The smallest absolute Gasteiger partial charge is 0.255 e. The highest BCUT2D eigenvalue weighted by Crippen LogP contribution is 2.15. The Kier molecular flexibility index (Phi) is 4.49. The average Bonchev–Trinajstić information content (AvgIpc) is 2.40. The maximum atomic E-state index is 12.5. The Hall–Kier alpha value is -1.66. The van der Waals surface area contributed by atoms with Crippen molar-refractivity contribution >= 4 is 11.6 Å². The predicted octanol–water partition coefficient (Wildman–Crippen LogP) is 0.501. The highest BCUT2D eigenvalue weighted by atomic mass is 16.3. The monoisotopic (exact) mass is 292 g/mol. The summed E-state index contributed by atoms with van der Waals surface area (Å²) in [6.07, 6.45) is 1.56. The van der Waals surface area contributed by atoms with Crippen LogP contribution in [0, 0.1) is 6.92 Å². The van der Waals surface area contributed by atoms with Crippen LogP contribution in [-0.2, 0) is 0 Å². The highest BCUT2D eigenvalue weighted by molar-refractivity contribution is 5.96. The first kappa shape index (κ1) is 15.7. The van der Waals surface area contributed by atoms with Crippen molar-refractivity contribution in [3.8, 4) is 0 Å². The lowest BCUT2D eigenvalue weighted by molar-refractivity contribution is 0.0178. The zero-order valence-corrected chi connectivity index (χ0v) is 13.0. The number of β-amino-alcohol motifs (C(OH)–C–C–N with tert-alkyl or cyclic N) is 1. The molecule has 3 N–H and O–H groups in total. The standard InChI is InChI=1S/C15H24N4O2/c1-11-13(8-12(16)9-17-11)14(20)19-6-4-18(5-7-19)10-15(2,3)21/h8-9,21H,4-7,10,16H2,1-3H3. The molecule has 0 aromatic carbocycles. The maximum absolute atomic E-state index is 12.5. The molecular formula is C15H24N4O2. The molecule has 2 rings (SSSR count). The van der Waals surface area contributed by atoms with Crippen molar-refractivity contribution in [3.05, 3.63) is 23.5 Å². The van der Waals surface area contributed by atoms with E-state index in [9.17, 15) is 9.90 Å². The molecule has 116 valence electrons. The summed E-state index contributed by atoms with van der Waals surface area (Å²) in [6, 6.07) is 1.69. The van der Waals surface area contributed by atoms with E-state index in [2.05, 4.69) is 9.88 Å². The summed E-state index contributed by atoms with van der Waals surface area (Å²) in [5.41, 5.74) is 6.79. The van der Waals surface area contributed by atoms with Crippen molar-refractivity contribution in [2.75, 3.05) is 38.5 Å². The number of piperazine rings is 1. The molecule has 0 atom stereocenters. The molecule has 21 heavy (non-hydrogen) atoms. The number of nitrogens with zero attached hydrogens (tertiary/aromatic N) is 3. The second kappa shape index (κ2) is 5.99. The van der Waals surface area contributed by atoms with Gasteiger partial charge in [0.1, 0.15) is 0 Å². The second-order valence-corrected chi connectivity index (χ2v) is 6.28. The molecule has 0 aliphatic carbocycles. The van der Waals surface area contributed by atoms with Crippen LogP contribution in [0.4, 0.5) is 5.69 Å². The van der Waals surface area contributed by atoms with Gasteiger partial charge in [0.15, 0.2) is 0 Å². The largest absolute Gasteiger partial charge is 0.397 e. The summed E-state index contributed by atoms with van der Waals surface area (Å²) >= 11 is 0. The molecule has 6 nitrogen and oxygen atoms in total. The van der Waals surface area contributed by atoms with E-state index in [1.165, 1.54) is 0 Å². The lowest BCUT2D eigenvalue weighted by Crippen LogP contribution is -2.52. The summed E-state index contributed by atoms with van der Waals surface area (Å²) in [4.78, 5) is 20.7. The number of nitrogens with two attached hydrogens (primary N) is 1. The average molecular weight is 292 g/mol. The Morgan fingerprint density at radius 2 is 2.00 bits per heavy atom. The number of anilines is 1. The van der Waals surface area contributed by atoms with Crippen LogP contribution in [0.3, 0.4) is 0 Å². The van der Waals surface area contributed by atoms with Crippen LogP contribution < -0.4 is 5.73 Å². The van der Waals surface area contributed by atoms with Gasteiger partial charge < -0.3 is 15.7 Å². The molecule has 0 bridgehead atoms. The highest BCUT2D eigenvalue weighted by Gasteiger charge is 2.26. The van der Waals surface area contributed by atoms with Crippen LogP contribution in [0.1, 0.15) is 29.9 Å². The van der Waals surface area contributed by atoms with Crippen LogP contribution in [0.5, 0.6) is 0 Å². The topological polar surface area (TPSA) is 82.7 Å². The van der Waals surface area contributed by atoms with Crippen LogP contribution in [-0.4, -0.2) is 64.1 Å². The third-order valence-corrected chi connectivity index (χ3v) is 3.61. The molecule has 1 fully saturated rings. The van der Waals surface area contributed by atoms with E-state index in [0.717, 1.165) is 13.1 Å².